The average Bonchev–Trinajstić information content (AvgIpc) is 3.04. The Morgan fingerprint density at radius 1 is 1.58 bits per heavy atom. The standard InChI is InChI=1S/C12H15F3N2O2/c1-2-19-11(18)7-10(12(13,14)15)17-6-5-9(16-17)8-3-4-8/h5-6,8,10H,2-4,7H2,1H3. The van der Waals surface area contributed by atoms with E-state index < -0.39 is 24.6 Å². The average molecular weight is 276 g/mol. The largest absolute Gasteiger partial charge is 0.466 e. The van der Waals surface area contributed by atoms with Crippen molar-refractivity contribution in [2.75, 3.05) is 6.61 Å². The Bertz CT molecular complexity index is 452. The molecule has 0 aromatic carbocycles. The molecule has 0 saturated heterocycles. The first kappa shape index (κ1) is 13.9. The van der Waals surface area contributed by atoms with Gasteiger partial charge in [0.15, 0.2) is 6.04 Å². The van der Waals surface area contributed by atoms with E-state index in [0.717, 1.165) is 17.5 Å². The highest BCUT2D eigenvalue weighted by Gasteiger charge is 2.43. The number of aromatic nitrogens is 2. The van der Waals surface area contributed by atoms with Crippen LogP contribution >= 0.6 is 0 Å². The summed E-state index contributed by atoms with van der Waals surface area (Å²) in [6, 6.07) is -0.374. The highest BCUT2D eigenvalue weighted by Crippen LogP contribution is 2.40. The summed E-state index contributed by atoms with van der Waals surface area (Å²) in [5.41, 5.74) is 0.665. The summed E-state index contributed by atoms with van der Waals surface area (Å²) in [7, 11) is 0. The molecule has 2 rings (SSSR count). The molecule has 1 aliphatic rings. The predicted octanol–water partition coefficient (Wildman–Crippen LogP) is 2.82. The van der Waals surface area contributed by atoms with Gasteiger partial charge in [-0.1, -0.05) is 0 Å². The van der Waals surface area contributed by atoms with Gasteiger partial charge in [-0.05, 0) is 25.8 Å². The Morgan fingerprint density at radius 3 is 2.79 bits per heavy atom. The van der Waals surface area contributed by atoms with E-state index in [-0.39, 0.29) is 12.5 Å². The zero-order valence-corrected chi connectivity index (χ0v) is 10.5. The van der Waals surface area contributed by atoms with Crippen LogP contribution in [-0.2, 0) is 9.53 Å². The van der Waals surface area contributed by atoms with Crippen LogP contribution in [0.15, 0.2) is 12.3 Å². The molecule has 106 valence electrons. The summed E-state index contributed by atoms with van der Waals surface area (Å²) >= 11 is 0. The van der Waals surface area contributed by atoms with Crippen LogP contribution in [0, 0.1) is 0 Å². The van der Waals surface area contributed by atoms with E-state index in [0.29, 0.717) is 5.69 Å². The molecule has 7 heteroatoms. The lowest BCUT2D eigenvalue weighted by molar-refractivity contribution is -0.180. The summed E-state index contributed by atoms with van der Waals surface area (Å²) in [6.45, 7) is 1.62. The van der Waals surface area contributed by atoms with Crippen molar-refractivity contribution in [3.8, 4) is 0 Å². The number of hydrogen-bond acceptors (Lipinski definition) is 3. The SMILES string of the molecule is CCOC(=O)CC(n1ccc(C2CC2)n1)C(F)(F)F. The van der Waals surface area contributed by atoms with Gasteiger partial charge >= 0.3 is 12.1 Å². The third-order valence-electron chi connectivity index (χ3n) is 2.99. The zero-order valence-electron chi connectivity index (χ0n) is 10.5. The zero-order chi connectivity index (χ0) is 14.0. The van der Waals surface area contributed by atoms with Gasteiger partial charge in [0, 0.05) is 12.1 Å². The van der Waals surface area contributed by atoms with Crippen LogP contribution in [0.2, 0.25) is 0 Å². The molecule has 0 radical (unpaired) electrons. The van der Waals surface area contributed by atoms with Gasteiger partial charge in [-0.2, -0.15) is 18.3 Å². The first-order valence-electron chi connectivity index (χ1n) is 6.19. The molecule has 0 spiro atoms. The predicted molar refractivity (Wildman–Crippen MR) is 60.5 cm³/mol. The number of ether oxygens (including phenoxy) is 1. The second-order valence-electron chi connectivity index (χ2n) is 4.56. The summed E-state index contributed by atoms with van der Waals surface area (Å²) < 4.78 is 44.3. The minimum atomic E-state index is -4.53. The Balaban J connectivity index is 2.13. The quantitative estimate of drug-likeness (QED) is 0.777. The number of rotatable bonds is 5. The third kappa shape index (κ3) is 3.48. The maximum absolute atomic E-state index is 13.0. The lowest BCUT2D eigenvalue weighted by Crippen LogP contribution is -2.30. The molecule has 0 N–H and O–H groups in total. The maximum atomic E-state index is 13.0. The van der Waals surface area contributed by atoms with E-state index in [1.165, 1.54) is 6.20 Å². The first-order valence-corrected chi connectivity index (χ1v) is 6.19. The molecule has 1 aromatic rings. The smallest absolute Gasteiger partial charge is 0.411 e. The van der Waals surface area contributed by atoms with Crippen molar-refractivity contribution in [1.82, 2.24) is 9.78 Å². The number of halogens is 3. The Kier molecular flexibility index (Phi) is 3.82. The molecular weight excluding hydrogens is 261 g/mol. The van der Waals surface area contributed by atoms with Crippen molar-refractivity contribution in [3.05, 3.63) is 18.0 Å². The molecule has 1 atom stereocenters. The molecule has 1 aromatic heterocycles. The molecule has 1 aliphatic carbocycles. The van der Waals surface area contributed by atoms with Gasteiger partial charge in [0.25, 0.3) is 0 Å². The number of hydrogen-bond donors (Lipinski definition) is 0. The highest BCUT2D eigenvalue weighted by molar-refractivity contribution is 5.70. The first-order chi connectivity index (χ1) is 8.91. The van der Waals surface area contributed by atoms with Gasteiger partial charge in [-0.15, -0.1) is 0 Å². The Labute approximate surface area is 108 Å². The van der Waals surface area contributed by atoms with Crippen LogP contribution in [0.1, 0.15) is 43.8 Å². The molecule has 1 fully saturated rings. The van der Waals surface area contributed by atoms with Crippen LogP contribution in [0.5, 0.6) is 0 Å². The topological polar surface area (TPSA) is 44.1 Å². The van der Waals surface area contributed by atoms with Crippen molar-refractivity contribution in [2.45, 2.75) is 44.3 Å². The monoisotopic (exact) mass is 276 g/mol. The van der Waals surface area contributed by atoms with Gasteiger partial charge in [0.05, 0.1) is 18.7 Å². The lowest BCUT2D eigenvalue weighted by Gasteiger charge is -2.19. The summed E-state index contributed by atoms with van der Waals surface area (Å²) in [4.78, 5) is 11.3. The van der Waals surface area contributed by atoms with E-state index in [9.17, 15) is 18.0 Å². The molecule has 1 saturated carbocycles. The second-order valence-corrected chi connectivity index (χ2v) is 4.56. The maximum Gasteiger partial charge on any atom is 0.411 e. The Hall–Kier alpha value is -1.53. The molecule has 0 amide bonds. The van der Waals surface area contributed by atoms with Crippen molar-refractivity contribution >= 4 is 5.97 Å². The lowest BCUT2D eigenvalue weighted by atomic mass is 10.2. The van der Waals surface area contributed by atoms with Crippen LogP contribution < -0.4 is 0 Å². The van der Waals surface area contributed by atoms with E-state index in [4.69, 9.17) is 0 Å². The van der Waals surface area contributed by atoms with Crippen LogP contribution in [0.4, 0.5) is 13.2 Å². The second kappa shape index (κ2) is 5.22. The van der Waals surface area contributed by atoms with Crippen molar-refractivity contribution in [1.29, 1.82) is 0 Å². The molecule has 4 nitrogen and oxygen atoms in total. The molecule has 1 unspecified atom stereocenters. The molecule has 1 heterocycles. The van der Waals surface area contributed by atoms with E-state index in [2.05, 4.69) is 9.84 Å². The van der Waals surface area contributed by atoms with Crippen molar-refractivity contribution in [2.24, 2.45) is 0 Å². The highest BCUT2D eigenvalue weighted by atomic mass is 19.4. The number of alkyl halides is 3. The van der Waals surface area contributed by atoms with Gasteiger partial charge in [0.1, 0.15) is 0 Å². The number of esters is 1. The number of carbonyl (C=O) groups is 1. The van der Waals surface area contributed by atoms with Gasteiger partial charge < -0.3 is 4.74 Å². The van der Waals surface area contributed by atoms with Gasteiger partial charge in [-0.3, -0.25) is 9.48 Å². The summed E-state index contributed by atoms with van der Waals surface area (Å²) in [5.74, 6) is -0.592. The molecule has 19 heavy (non-hydrogen) atoms. The van der Waals surface area contributed by atoms with E-state index >= 15 is 0 Å². The fourth-order valence-corrected chi connectivity index (χ4v) is 1.86. The Morgan fingerprint density at radius 2 is 2.26 bits per heavy atom. The number of carbonyl (C=O) groups excluding carboxylic acids is 1. The minimum absolute atomic E-state index is 0.0653. The third-order valence-corrected chi connectivity index (χ3v) is 2.99. The molecular formula is C12H15F3N2O2. The molecule has 0 bridgehead atoms. The fraction of sp³-hybridized carbons (Fsp3) is 0.667. The minimum Gasteiger partial charge on any atom is -0.466 e. The summed E-state index contributed by atoms with van der Waals surface area (Å²) in [6.07, 6.45) is -2.06. The van der Waals surface area contributed by atoms with Crippen LogP contribution in [0.25, 0.3) is 0 Å². The number of nitrogens with zero attached hydrogens (tertiary/aromatic N) is 2. The van der Waals surface area contributed by atoms with E-state index in [1.807, 2.05) is 0 Å². The normalized spacial score (nSPS) is 17.3. The fourth-order valence-electron chi connectivity index (χ4n) is 1.86. The van der Waals surface area contributed by atoms with Crippen molar-refractivity contribution in [3.63, 3.8) is 0 Å². The summed E-state index contributed by atoms with van der Waals surface area (Å²) in [5, 5.41) is 3.94. The van der Waals surface area contributed by atoms with Gasteiger partial charge in [0.2, 0.25) is 0 Å². The van der Waals surface area contributed by atoms with Crippen LogP contribution in [0.3, 0.4) is 0 Å². The molecule has 0 aliphatic heterocycles. The van der Waals surface area contributed by atoms with E-state index in [1.54, 1.807) is 13.0 Å². The van der Waals surface area contributed by atoms with Crippen molar-refractivity contribution < 1.29 is 22.7 Å². The van der Waals surface area contributed by atoms with Crippen LogP contribution in [-0.4, -0.2) is 28.5 Å². The van der Waals surface area contributed by atoms with Gasteiger partial charge in [-0.25, -0.2) is 0 Å².